The van der Waals surface area contributed by atoms with Crippen molar-refractivity contribution in [1.82, 2.24) is 4.98 Å². The summed E-state index contributed by atoms with van der Waals surface area (Å²) in [5.74, 6) is 0. The summed E-state index contributed by atoms with van der Waals surface area (Å²) >= 11 is 0. The van der Waals surface area contributed by atoms with Crippen LogP contribution in [0, 0.1) is 0 Å². The molecule has 0 amide bonds. The van der Waals surface area contributed by atoms with Crippen LogP contribution in [0.4, 0.5) is 0 Å². The van der Waals surface area contributed by atoms with Crippen molar-refractivity contribution in [2.75, 3.05) is 0 Å². The molecule has 17 heavy (non-hydrogen) atoms. The molecule has 3 heteroatoms. The van der Waals surface area contributed by atoms with Crippen molar-refractivity contribution in [2.24, 2.45) is 5.16 Å². The Bertz CT molecular complexity index is 480. The van der Waals surface area contributed by atoms with E-state index in [1.165, 1.54) is 0 Å². The van der Waals surface area contributed by atoms with Gasteiger partial charge in [-0.05, 0) is 24.6 Å². The maximum atomic E-state index is 5.28. The van der Waals surface area contributed by atoms with Gasteiger partial charge >= 0.3 is 0 Å². The summed E-state index contributed by atoms with van der Waals surface area (Å²) in [5.41, 5.74) is 2.71. The highest BCUT2D eigenvalue weighted by atomic mass is 16.6. The average Bonchev–Trinajstić information content (AvgIpc) is 2.41. The largest absolute Gasteiger partial charge is 0.391 e. The predicted octanol–water partition coefficient (Wildman–Crippen LogP) is 3.02. The van der Waals surface area contributed by atoms with E-state index in [4.69, 9.17) is 4.84 Å². The van der Waals surface area contributed by atoms with Crippen molar-refractivity contribution in [3.05, 3.63) is 66.0 Å². The smallest absolute Gasteiger partial charge is 0.142 e. The lowest BCUT2D eigenvalue weighted by atomic mass is 10.2. The topological polar surface area (TPSA) is 34.5 Å². The first-order chi connectivity index (χ1) is 8.36. The van der Waals surface area contributed by atoms with E-state index in [0.29, 0.717) is 6.61 Å². The Morgan fingerprint density at radius 3 is 2.59 bits per heavy atom. The van der Waals surface area contributed by atoms with Crippen LogP contribution in [0.1, 0.15) is 18.2 Å². The zero-order valence-corrected chi connectivity index (χ0v) is 9.71. The van der Waals surface area contributed by atoms with Gasteiger partial charge in [-0.15, -0.1) is 0 Å². The third-order valence-electron chi connectivity index (χ3n) is 2.31. The number of rotatable bonds is 4. The highest BCUT2D eigenvalue weighted by Crippen LogP contribution is 2.02. The molecule has 0 aliphatic rings. The lowest BCUT2D eigenvalue weighted by molar-refractivity contribution is 0.130. The van der Waals surface area contributed by atoms with E-state index in [0.717, 1.165) is 17.0 Å². The first-order valence-electron chi connectivity index (χ1n) is 5.48. The molecule has 0 atom stereocenters. The van der Waals surface area contributed by atoms with Crippen LogP contribution in [0.5, 0.6) is 0 Å². The van der Waals surface area contributed by atoms with Gasteiger partial charge in [-0.1, -0.05) is 41.6 Å². The third-order valence-corrected chi connectivity index (χ3v) is 2.31. The summed E-state index contributed by atoms with van der Waals surface area (Å²) in [4.78, 5) is 9.48. The molecule has 2 rings (SSSR count). The molecule has 2 aromatic rings. The first-order valence-corrected chi connectivity index (χ1v) is 5.48. The van der Waals surface area contributed by atoms with E-state index in [1.54, 1.807) is 6.20 Å². The second-order valence-corrected chi connectivity index (χ2v) is 3.65. The van der Waals surface area contributed by atoms with Gasteiger partial charge in [0.2, 0.25) is 0 Å². The van der Waals surface area contributed by atoms with E-state index in [9.17, 15) is 0 Å². The average molecular weight is 226 g/mol. The summed E-state index contributed by atoms with van der Waals surface area (Å²) in [7, 11) is 0. The van der Waals surface area contributed by atoms with Crippen LogP contribution in [-0.4, -0.2) is 10.7 Å². The second-order valence-electron chi connectivity index (χ2n) is 3.65. The molecule has 0 N–H and O–H groups in total. The van der Waals surface area contributed by atoms with Crippen molar-refractivity contribution in [3.63, 3.8) is 0 Å². The minimum atomic E-state index is 0.477. The molecule has 1 aromatic carbocycles. The predicted molar refractivity (Wildman–Crippen MR) is 67.7 cm³/mol. The van der Waals surface area contributed by atoms with Crippen LogP contribution >= 0.6 is 0 Å². The minimum absolute atomic E-state index is 0.477. The molecule has 0 fully saturated rings. The fraction of sp³-hybridized carbons (Fsp3) is 0.143. The summed E-state index contributed by atoms with van der Waals surface area (Å²) in [6.07, 6.45) is 1.74. The molecule has 86 valence electrons. The van der Waals surface area contributed by atoms with Gasteiger partial charge in [0, 0.05) is 6.20 Å². The quantitative estimate of drug-likeness (QED) is 0.593. The van der Waals surface area contributed by atoms with Gasteiger partial charge in [-0.3, -0.25) is 4.98 Å². The molecule has 0 saturated carbocycles. The molecular weight excluding hydrogens is 212 g/mol. The summed E-state index contributed by atoms with van der Waals surface area (Å²) in [6, 6.07) is 15.7. The Kier molecular flexibility index (Phi) is 3.86. The molecule has 0 aliphatic heterocycles. The number of hydrogen-bond donors (Lipinski definition) is 0. The normalized spacial score (nSPS) is 11.2. The van der Waals surface area contributed by atoms with Crippen LogP contribution in [0.15, 0.2) is 59.9 Å². The van der Waals surface area contributed by atoms with E-state index in [1.807, 2.05) is 55.5 Å². The molecule has 3 nitrogen and oxygen atoms in total. The molecule has 0 radical (unpaired) electrons. The molecular formula is C14H14N2O. The van der Waals surface area contributed by atoms with E-state index < -0.39 is 0 Å². The van der Waals surface area contributed by atoms with Crippen molar-refractivity contribution in [1.29, 1.82) is 0 Å². The zero-order valence-electron chi connectivity index (χ0n) is 9.71. The van der Waals surface area contributed by atoms with E-state index in [-0.39, 0.29) is 0 Å². The highest BCUT2D eigenvalue weighted by Gasteiger charge is 1.97. The zero-order chi connectivity index (χ0) is 11.9. The van der Waals surface area contributed by atoms with Crippen molar-refractivity contribution in [3.8, 4) is 0 Å². The van der Waals surface area contributed by atoms with Gasteiger partial charge in [-0.25, -0.2) is 0 Å². The number of nitrogens with zero attached hydrogens (tertiary/aromatic N) is 2. The SMILES string of the molecule is C/C(=N\OCc1ccccc1)c1ccccn1. The maximum absolute atomic E-state index is 5.28. The Balaban J connectivity index is 1.93. The number of hydrogen-bond acceptors (Lipinski definition) is 3. The molecule has 0 saturated heterocycles. The van der Waals surface area contributed by atoms with Crippen LogP contribution in [0.25, 0.3) is 0 Å². The van der Waals surface area contributed by atoms with Crippen LogP contribution in [-0.2, 0) is 11.4 Å². The van der Waals surface area contributed by atoms with Crippen LogP contribution in [0.2, 0.25) is 0 Å². The van der Waals surface area contributed by atoms with Crippen LogP contribution < -0.4 is 0 Å². The van der Waals surface area contributed by atoms with E-state index >= 15 is 0 Å². The first kappa shape index (κ1) is 11.3. The maximum Gasteiger partial charge on any atom is 0.142 e. The summed E-state index contributed by atoms with van der Waals surface area (Å²) in [5, 5.41) is 4.04. The van der Waals surface area contributed by atoms with Gasteiger partial charge in [0.1, 0.15) is 12.3 Å². The second kappa shape index (κ2) is 5.80. The lowest BCUT2D eigenvalue weighted by Crippen LogP contribution is -1.99. The molecule has 0 spiro atoms. The Labute approximate surface area is 101 Å². The van der Waals surface area contributed by atoms with Gasteiger partial charge in [0.25, 0.3) is 0 Å². The van der Waals surface area contributed by atoms with Gasteiger partial charge in [0.15, 0.2) is 0 Å². The highest BCUT2D eigenvalue weighted by molar-refractivity contribution is 5.96. The number of oxime groups is 1. The molecule has 1 heterocycles. The van der Waals surface area contributed by atoms with Crippen LogP contribution in [0.3, 0.4) is 0 Å². The van der Waals surface area contributed by atoms with Crippen molar-refractivity contribution < 1.29 is 4.84 Å². The van der Waals surface area contributed by atoms with Gasteiger partial charge in [0.05, 0.1) is 5.69 Å². The van der Waals surface area contributed by atoms with E-state index in [2.05, 4.69) is 10.1 Å². The molecule has 1 aromatic heterocycles. The summed E-state index contributed by atoms with van der Waals surface area (Å²) in [6.45, 7) is 2.36. The Morgan fingerprint density at radius 1 is 1.12 bits per heavy atom. The van der Waals surface area contributed by atoms with Gasteiger partial charge < -0.3 is 4.84 Å². The number of benzene rings is 1. The Morgan fingerprint density at radius 2 is 1.88 bits per heavy atom. The third kappa shape index (κ3) is 3.41. The standard InChI is InChI=1S/C14H14N2O/c1-12(14-9-5-6-10-15-14)16-17-11-13-7-3-2-4-8-13/h2-10H,11H2,1H3/b16-12+. The monoisotopic (exact) mass is 226 g/mol. The minimum Gasteiger partial charge on any atom is -0.391 e. The number of pyridine rings is 1. The summed E-state index contributed by atoms with van der Waals surface area (Å²) < 4.78 is 0. The van der Waals surface area contributed by atoms with Crippen molar-refractivity contribution in [2.45, 2.75) is 13.5 Å². The molecule has 0 bridgehead atoms. The Hall–Kier alpha value is -2.16. The van der Waals surface area contributed by atoms with Crippen molar-refractivity contribution >= 4 is 5.71 Å². The fourth-order valence-corrected chi connectivity index (χ4v) is 1.40. The van der Waals surface area contributed by atoms with Gasteiger partial charge in [-0.2, -0.15) is 0 Å². The molecule has 0 unspecified atom stereocenters. The lowest BCUT2D eigenvalue weighted by Gasteiger charge is -2.01. The number of aromatic nitrogens is 1. The molecule has 0 aliphatic carbocycles. The fourth-order valence-electron chi connectivity index (χ4n) is 1.40.